The molecule has 16 heteroatoms. The van der Waals surface area contributed by atoms with E-state index >= 15 is 0 Å². The molecular formula is C67H95Cl2N9O5. The number of nitrogens with zero attached hydrogens (tertiary/aromatic N) is 7. The van der Waals surface area contributed by atoms with Crippen LogP contribution >= 0.6 is 23.2 Å². The number of halogens is 2. The van der Waals surface area contributed by atoms with Gasteiger partial charge in [-0.05, 0) is 124 Å². The average molecular weight is 1180 g/mol. The standard InChI is InChI=1S/C36H52ClN5O3.C31H43ClN4O2/c1-25(2)35(38-34(43)12-15-39(4)5)30-22-26(3)6-11-33(30)40-16-18-41(19-17-40)36(44)32-24-42(29-13-20-45-21-14-29)23-31(32)27-7-9-28(37)10-8-27;1-21(2)30(33)26-18-22(3)4-9-29(26)34-12-14-35(15-13-34)31(37)28-20-36(25-10-16-38-17-11-25)19-27(28)23-5-7-24(32)8-6-23/h6-11,22,25,29,31-32,35H,12-21,23-24H2,1-5H3,(H,38,43);4-9,18,21,25,27-28,30H,10-17,19-20,33H2,1-3H3/t31-,32+,35+;27-,28+,30+/m11/s1. The highest BCUT2D eigenvalue weighted by atomic mass is 35.5. The van der Waals surface area contributed by atoms with E-state index in [2.05, 4.69) is 137 Å². The number of ether oxygens (including phenoxy) is 2. The lowest BCUT2D eigenvalue weighted by Crippen LogP contribution is -2.51. The Hall–Kier alpha value is -4.77. The molecule has 452 valence electrons. The number of aryl methyl sites for hydroxylation is 2. The number of likely N-dealkylation sites (tertiary alicyclic amines) is 2. The maximum absolute atomic E-state index is 14.2. The van der Waals surface area contributed by atoms with E-state index in [1.165, 1.54) is 33.5 Å². The van der Waals surface area contributed by atoms with Gasteiger partial charge in [-0.25, -0.2) is 0 Å². The SMILES string of the molecule is Cc1ccc(N2CCN(C(=O)[C@H]3CN(C4CCOCC4)C[C@@H]3c3ccc(Cl)cc3)CC2)c([C@@H](N)C(C)C)c1.Cc1ccc(N2CCN(C(=O)[C@H]3CN(C4CCOCC4)C[C@@H]3c3ccc(Cl)cc3)CC2)c([C@@H](NC(=O)CCN(C)C)C(C)C)c1. The maximum Gasteiger partial charge on any atom is 0.227 e. The minimum atomic E-state index is -0.0796. The van der Waals surface area contributed by atoms with Gasteiger partial charge in [-0.1, -0.05) is 111 Å². The third kappa shape index (κ3) is 15.8. The number of piperazine rings is 2. The van der Waals surface area contributed by atoms with Crippen LogP contribution in [0.5, 0.6) is 0 Å². The molecule has 0 saturated carbocycles. The van der Waals surface area contributed by atoms with E-state index in [0.29, 0.717) is 43.4 Å². The number of hydrogen-bond acceptors (Lipinski definition) is 11. The molecule has 10 rings (SSSR count). The first-order valence-corrected chi connectivity index (χ1v) is 31.8. The predicted octanol–water partition coefficient (Wildman–Crippen LogP) is 9.80. The van der Waals surface area contributed by atoms with Crippen molar-refractivity contribution in [3.8, 4) is 0 Å². The fourth-order valence-electron chi connectivity index (χ4n) is 13.7. The Labute approximate surface area is 506 Å². The Kier molecular flexibility index (Phi) is 22.0. The Morgan fingerprint density at radius 2 is 0.988 bits per heavy atom. The smallest absolute Gasteiger partial charge is 0.227 e. The average Bonchev–Trinajstić information content (AvgIpc) is 4.27. The lowest BCUT2D eigenvalue weighted by Gasteiger charge is -2.39. The summed E-state index contributed by atoms with van der Waals surface area (Å²) in [5, 5.41) is 4.79. The minimum Gasteiger partial charge on any atom is -0.381 e. The van der Waals surface area contributed by atoms with Gasteiger partial charge in [0.1, 0.15) is 0 Å². The van der Waals surface area contributed by atoms with Crippen molar-refractivity contribution in [2.24, 2.45) is 29.4 Å². The third-order valence-electron chi connectivity index (χ3n) is 18.8. The first-order valence-electron chi connectivity index (χ1n) is 31.0. The van der Waals surface area contributed by atoms with Crippen molar-refractivity contribution < 1.29 is 23.9 Å². The summed E-state index contributed by atoms with van der Waals surface area (Å²) in [6, 6.07) is 30.3. The summed E-state index contributed by atoms with van der Waals surface area (Å²) in [5.74, 6) is 1.48. The molecule has 6 atom stereocenters. The zero-order chi connectivity index (χ0) is 58.9. The van der Waals surface area contributed by atoms with E-state index in [4.69, 9.17) is 38.4 Å². The molecule has 6 aliphatic heterocycles. The molecular weight excluding hydrogens is 1080 g/mol. The fourth-order valence-corrected chi connectivity index (χ4v) is 14.0. The van der Waals surface area contributed by atoms with E-state index in [1.807, 2.05) is 43.3 Å². The molecule has 14 nitrogen and oxygen atoms in total. The van der Waals surface area contributed by atoms with Crippen molar-refractivity contribution in [3.05, 3.63) is 128 Å². The van der Waals surface area contributed by atoms with Crippen LogP contribution in [0, 0.1) is 37.5 Å². The first-order chi connectivity index (χ1) is 39.9. The van der Waals surface area contributed by atoms with E-state index in [9.17, 15) is 14.4 Å². The molecule has 0 bridgehead atoms. The molecule has 0 spiro atoms. The molecule has 0 unspecified atom stereocenters. The molecule has 6 saturated heterocycles. The van der Waals surface area contributed by atoms with Crippen molar-refractivity contribution in [2.75, 3.05) is 135 Å². The third-order valence-corrected chi connectivity index (χ3v) is 19.3. The molecule has 6 fully saturated rings. The maximum atomic E-state index is 14.2. The van der Waals surface area contributed by atoms with Crippen LogP contribution in [0.3, 0.4) is 0 Å². The van der Waals surface area contributed by atoms with Crippen molar-refractivity contribution in [1.82, 2.24) is 29.8 Å². The molecule has 83 heavy (non-hydrogen) atoms. The summed E-state index contributed by atoms with van der Waals surface area (Å²) >= 11 is 12.4. The van der Waals surface area contributed by atoms with Gasteiger partial charge in [0.2, 0.25) is 17.7 Å². The topological polar surface area (TPSA) is 130 Å². The second kappa shape index (κ2) is 29.1. The molecule has 6 heterocycles. The van der Waals surface area contributed by atoms with Crippen LogP contribution in [0.15, 0.2) is 84.9 Å². The number of rotatable bonds is 16. The van der Waals surface area contributed by atoms with Crippen molar-refractivity contribution in [2.45, 2.75) is 110 Å². The highest BCUT2D eigenvalue weighted by Gasteiger charge is 2.45. The van der Waals surface area contributed by atoms with Crippen molar-refractivity contribution in [1.29, 1.82) is 0 Å². The molecule has 0 aromatic heterocycles. The van der Waals surface area contributed by atoms with E-state index in [1.54, 1.807) is 0 Å². The van der Waals surface area contributed by atoms with E-state index < -0.39 is 0 Å². The lowest BCUT2D eigenvalue weighted by atomic mass is 9.88. The van der Waals surface area contributed by atoms with Crippen molar-refractivity contribution in [3.63, 3.8) is 0 Å². The van der Waals surface area contributed by atoms with E-state index in [0.717, 1.165) is 145 Å². The monoisotopic (exact) mass is 1180 g/mol. The second-order valence-electron chi connectivity index (χ2n) is 25.5. The summed E-state index contributed by atoms with van der Waals surface area (Å²) in [4.78, 5) is 57.3. The summed E-state index contributed by atoms with van der Waals surface area (Å²) < 4.78 is 11.3. The molecule has 6 aliphatic rings. The summed E-state index contributed by atoms with van der Waals surface area (Å²) in [5.41, 5.74) is 16.2. The number of nitrogens with one attached hydrogen (secondary N) is 1. The normalized spacial score (nSPS) is 23.2. The Balaban J connectivity index is 0.000000202. The van der Waals surface area contributed by atoms with Gasteiger partial charge in [0.05, 0.1) is 17.9 Å². The molecule has 3 N–H and O–H groups in total. The van der Waals surface area contributed by atoms with Gasteiger partial charge in [-0.3, -0.25) is 24.2 Å². The highest BCUT2D eigenvalue weighted by Crippen LogP contribution is 2.41. The van der Waals surface area contributed by atoms with Gasteiger partial charge in [0, 0.05) is 169 Å². The molecule has 0 aliphatic carbocycles. The van der Waals surface area contributed by atoms with Crippen LogP contribution < -0.4 is 20.9 Å². The molecule has 4 aromatic rings. The van der Waals surface area contributed by atoms with Crippen LogP contribution in [0.1, 0.15) is 117 Å². The number of hydrogen-bond donors (Lipinski definition) is 2. The van der Waals surface area contributed by atoms with Crippen LogP contribution in [0.25, 0.3) is 0 Å². The van der Waals surface area contributed by atoms with Gasteiger partial charge in [0.25, 0.3) is 0 Å². The second-order valence-corrected chi connectivity index (χ2v) is 26.4. The van der Waals surface area contributed by atoms with E-state index in [-0.39, 0.29) is 53.5 Å². The largest absolute Gasteiger partial charge is 0.381 e. The van der Waals surface area contributed by atoms with Gasteiger partial charge in [0.15, 0.2) is 0 Å². The quantitative estimate of drug-likeness (QED) is 0.111. The Morgan fingerprint density at radius 1 is 0.578 bits per heavy atom. The van der Waals surface area contributed by atoms with Crippen LogP contribution in [0.2, 0.25) is 10.0 Å². The molecule has 0 radical (unpaired) electrons. The van der Waals surface area contributed by atoms with Gasteiger partial charge >= 0.3 is 0 Å². The number of carbonyl (C=O) groups excluding carboxylic acids is 3. The number of anilines is 2. The van der Waals surface area contributed by atoms with Crippen LogP contribution in [0.4, 0.5) is 11.4 Å². The summed E-state index contributed by atoms with van der Waals surface area (Å²) in [6.07, 6.45) is 4.62. The Bertz CT molecular complexity index is 2750. The summed E-state index contributed by atoms with van der Waals surface area (Å²) in [6.45, 7) is 26.3. The molecule has 4 aromatic carbocycles. The first kappa shape index (κ1) is 62.8. The van der Waals surface area contributed by atoms with Crippen LogP contribution in [-0.2, 0) is 23.9 Å². The van der Waals surface area contributed by atoms with Gasteiger partial charge in [-0.2, -0.15) is 0 Å². The minimum absolute atomic E-state index is 0.000598. The lowest BCUT2D eigenvalue weighted by molar-refractivity contribution is -0.136. The van der Waals surface area contributed by atoms with Crippen LogP contribution in [-0.4, -0.2) is 180 Å². The van der Waals surface area contributed by atoms with Gasteiger partial charge < -0.3 is 45.0 Å². The predicted molar refractivity (Wildman–Crippen MR) is 337 cm³/mol. The number of benzene rings is 4. The zero-order valence-corrected chi connectivity index (χ0v) is 52.4. The number of nitrogens with two attached hydrogens (primary N) is 1. The van der Waals surface area contributed by atoms with Crippen molar-refractivity contribution >= 4 is 52.3 Å². The Morgan fingerprint density at radius 3 is 1.39 bits per heavy atom. The number of amides is 3. The zero-order valence-electron chi connectivity index (χ0n) is 50.9. The highest BCUT2D eigenvalue weighted by molar-refractivity contribution is 6.30. The molecule has 3 amide bonds. The summed E-state index contributed by atoms with van der Waals surface area (Å²) in [7, 11) is 3.98. The number of carbonyl (C=O) groups is 3. The fraction of sp³-hybridized carbons (Fsp3) is 0.597. The van der Waals surface area contributed by atoms with Gasteiger partial charge in [-0.15, -0.1) is 0 Å².